The Labute approximate surface area is 109 Å². The predicted molar refractivity (Wildman–Crippen MR) is 73.4 cm³/mol. The third kappa shape index (κ3) is 4.11. The maximum Gasteiger partial charge on any atom is 0.251 e. The van der Waals surface area contributed by atoms with Crippen LogP contribution in [0.3, 0.4) is 0 Å². The molecular formula is C14H23N3O. The first kappa shape index (κ1) is 14.6. The van der Waals surface area contributed by atoms with Crippen LogP contribution in [0.5, 0.6) is 0 Å². The van der Waals surface area contributed by atoms with Gasteiger partial charge < -0.3 is 11.1 Å². The first-order valence-electron chi connectivity index (χ1n) is 6.31. The molecule has 3 N–H and O–H groups in total. The summed E-state index contributed by atoms with van der Waals surface area (Å²) in [6, 6.07) is 3.50. The van der Waals surface area contributed by atoms with E-state index in [1.165, 1.54) is 0 Å². The van der Waals surface area contributed by atoms with Crippen LogP contribution in [-0.2, 0) is 0 Å². The molecule has 1 unspecified atom stereocenters. The monoisotopic (exact) mass is 249 g/mol. The van der Waals surface area contributed by atoms with Crippen molar-refractivity contribution in [1.29, 1.82) is 0 Å². The van der Waals surface area contributed by atoms with Crippen molar-refractivity contribution in [2.45, 2.75) is 39.7 Å². The molecule has 1 aromatic rings. The van der Waals surface area contributed by atoms with E-state index in [0.717, 1.165) is 12.1 Å². The first-order chi connectivity index (χ1) is 8.36. The fourth-order valence-electron chi connectivity index (χ4n) is 2.12. The van der Waals surface area contributed by atoms with E-state index in [1.807, 2.05) is 13.8 Å². The molecule has 0 aliphatic carbocycles. The number of amides is 1. The molecule has 0 aliphatic heterocycles. The second-order valence-electron chi connectivity index (χ2n) is 5.50. The number of pyridine rings is 1. The first-order valence-corrected chi connectivity index (χ1v) is 6.31. The molecule has 100 valence electrons. The highest BCUT2D eigenvalue weighted by Crippen LogP contribution is 2.16. The number of carbonyl (C=O) groups excluding carboxylic acids is 1. The summed E-state index contributed by atoms with van der Waals surface area (Å²) in [6.45, 7) is 8.53. The molecule has 1 atom stereocenters. The highest BCUT2D eigenvalue weighted by molar-refractivity contribution is 5.94. The van der Waals surface area contributed by atoms with Crippen LogP contribution < -0.4 is 11.1 Å². The van der Waals surface area contributed by atoms with Gasteiger partial charge in [-0.1, -0.05) is 13.8 Å². The number of aryl methyl sites for hydroxylation is 1. The molecule has 0 aromatic carbocycles. The summed E-state index contributed by atoms with van der Waals surface area (Å²) in [5, 5.41) is 3.03. The van der Waals surface area contributed by atoms with Crippen LogP contribution in [0.25, 0.3) is 0 Å². The zero-order valence-corrected chi connectivity index (χ0v) is 11.7. The molecule has 0 spiro atoms. The van der Waals surface area contributed by atoms with Gasteiger partial charge in [-0.2, -0.15) is 0 Å². The summed E-state index contributed by atoms with van der Waals surface area (Å²) in [5.41, 5.74) is 6.89. The van der Waals surface area contributed by atoms with E-state index >= 15 is 0 Å². The Kier molecular flexibility index (Phi) is 4.84. The normalized spacial score (nSPS) is 14.3. The number of hydrogen-bond acceptors (Lipinski definition) is 3. The summed E-state index contributed by atoms with van der Waals surface area (Å²) < 4.78 is 0. The van der Waals surface area contributed by atoms with Crippen molar-refractivity contribution < 1.29 is 4.79 Å². The Morgan fingerprint density at radius 2 is 2.22 bits per heavy atom. The molecule has 4 heteroatoms. The van der Waals surface area contributed by atoms with Crippen LogP contribution in [0, 0.1) is 12.8 Å². The van der Waals surface area contributed by atoms with E-state index in [9.17, 15) is 4.79 Å². The van der Waals surface area contributed by atoms with Gasteiger partial charge in [-0.25, -0.2) is 0 Å². The van der Waals surface area contributed by atoms with Crippen molar-refractivity contribution in [3.05, 3.63) is 29.6 Å². The Morgan fingerprint density at radius 3 is 2.72 bits per heavy atom. The number of nitrogens with zero attached hydrogens (tertiary/aromatic N) is 1. The average molecular weight is 249 g/mol. The van der Waals surface area contributed by atoms with E-state index in [0.29, 0.717) is 18.0 Å². The van der Waals surface area contributed by atoms with Crippen LogP contribution in [-0.4, -0.2) is 23.0 Å². The van der Waals surface area contributed by atoms with Gasteiger partial charge in [-0.3, -0.25) is 9.78 Å². The summed E-state index contributed by atoms with van der Waals surface area (Å²) in [6.07, 6.45) is 2.51. The quantitative estimate of drug-likeness (QED) is 0.837. The van der Waals surface area contributed by atoms with Crippen molar-refractivity contribution in [2.75, 3.05) is 6.54 Å². The molecule has 0 saturated heterocycles. The molecule has 0 bridgehead atoms. The molecule has 0 radical (unpaired) electrons. The molecular weight excluding hydrogens is 226 g/mol. The van der Waals surface area contributed by atoms with E-state index in [4.69, 9.17) is 5.73 Å². The van der Waals surface area contributed by atoms with E-state index in [-0.39, 0.29) is 11.4 Å². The van der Waals surface area contributed by atoms with Crippen molar-refractivity contribution in [2.24, 2.45) is 11.7 Å². The van der Waals surface area contributed by atoms with Crippen LogP contribution in [0.4, 0.5) is 0 Å². The lowest BCUT2D eigenvalue weighted by molar-refractivity contribution is 0.0898. The van der Waals surface area contributed by atoms with Crippen LogP contribution in [0.15, 0.2) is 18.3 Å². The Hall–Kier alpha value is -1.42. The maximum absolute atomic E-state index is 12.2. The lowest BCUT2D eigenvalue weighted by Crippen LogP contribution is -2.52. The minimum Gasteiger partial charge on any atom is -0.346 e. The molecule has 1 rings (SSSR count). The second-order valence-corrected chi connectivity index (χ2v) is 5.50. The van der Waals surface area contributed by atoms with Crippen LogP contribution in [0.2, 0.25) is 0 Å². The zero-order chi connectivity index (χ0) is 13.8. The van der Waals surface area contributed by atoms with Gasteiger partial charge in [-0.05, 0) is 38.3 Å². The van der Waals surface area contributed by atoms with Crippen molar-refractivity contribution >= 4 is 5.91 Å². The summed E-state index contributed by atoms with van der Waals surface area (Å²) in [4.78, 5) is 16.2. The molecule has 1 amide bonds. The Balaban J connectivity index is 2.79. The van der Waals surface area contributed by atoms with Gasteiger partial charge >= 0.3 is 0 Å². The van der Waals surface area contributed by atoms with E-state index in [2.05, 4.69) is 24.1 Å². The lowest BCUT2D eigenvalue weighted by atomic mass is 9.90. The number of rotatable bonds is 5. The molecule has 0 fully saturated rings. The van der Waals surface area contributed by atoms with Crippen LogP contribution in [0.1, 0.15) is 43.2 Å². The zero-order valence-electron chi connectivity index (χ0n) is 11.7. The van der Waals surface area contributed by atoms with Gasteiger partial charge in [0.1, 0.15) is 0 Å². The second kappa shape index (κ2) is 5.96. The molecule has 1 heterocycles. The van der Waals surface area contributed by atoms with Gasteiger partial charge in [0.2, 0.25) is 0 Å². The minimum atomic E-state index is -0.359. The number of nitrogens with two attached hydrogens (primary N) is 1. The van der Waals surface area contributed by atoms with Gasteiger partial charge in [0.15, 0.2) is 0 Å². The van der Waals surface area contributed by atoms with Gasteiger partial charge in [0.25, 0.3) is 5.91 Å². The number of carbonyl (C=O) groups is 1. The summed E-state index contributed by atoms with van der Waals surface area (Å²) in [7, 11) is 0. The maximum atomic E-state index is 12.2. The largest absolute Gasteiger partial charge is 0.346 e. The SMILES string of the molecule is Cc1cc(C(=O)NC(C)(CN)CC(C)C)ccn1. The van der Waals surface area contributed by atoms with Crippen molar-refractivity contribution in [1.82, 2.24) is 10.3 Å². The summed E-state index contributed by atoms with van der Waals surface area (Å²) in [5.74, 6) is 0.395. The predicted octanol–water partition coefficient (Wildman–Crippen LogP) is 1.88. The third-order valence-electron chi connectivity index (χ3n) is 2.88. The summed E-state index contributed by atoms with van der Waals surface area (Å²) >= 11 is 0. The topological polar surface area (TPSA) is 68.0 Å². The molecule has 4 nitrogen and oxygen atoms in total. The Bertz CT molecular complexity index is 417. The Morgan fingerprint density at radius 1 is 1.56 bits per heavy atom. The number of hydrogen-bond donors (Lipinski definition) is 2. The highest BCUT2D eigenvalue weighted by atomic mass is 16.1. The fraction of sp³-hybridized carbons (Fsp3) is 0.571. The van der Waals surface area contributed by atoms with Crippen LogP contribution >= 0.6 is 0 Å². The van der Waals surface area contributed by atoms with Gasteiger partial charge in [0.05, 0.1) is 0 Å². The van der Waals surface area contributed by atoms with Crippen molar-refractivity contribution in [3.8, 4) is 0 Å². The average Bonchev–Trinajstić information content (AvgIpc) is 2.27. The van der Waals surface area contributed by atoms with Gasteiger partial charge in [0, 0.05) is 29.5 Å². The molecule has 1 aromatic heterocycles. The number of nitrogens with one attached hydrogen (secondary N) is 1. The van der Waals surface area contributed by atoms with Gasteiger partial charge in [-0.15, -0.1) is 0 Å². The molecule has 0 aliphatic rings. The van der Waals surface area contributed by atoms with E-state index in [1.54, 1.807) is 18.3 Å². The smallest absolute Gasteiger partial charge is 0.251 e. The fourth-order valence-corrected chi connectivity index (χ4v) is 2.12. The van der Waals surface area contributed by atoms with E-state index < -0.39 is 0 Å². The molecule has 18 heavy (non-hydrogen) atoms. The lowest BCUT2D eigenvalue weighted by Gasteiger charge is -2.31. The molecule has 0 saturated carbocycles. The van der Waals surface area contributed by atoms with Crippen molar-refractivity contribution in [3.63, 3.8) is 0 Å². The minimum absolute atomic E-state index is 0.0888. The highest BCUT2D eigenvalue weighted by Gasteiger charge is 2.26. The standard InChI is InChI=1S/C14H23N3O/c1-10(2)8-14(4,9-15)17-13(18)12-5-6-16-11(3)7-12/h5-7,10H,8-9,15H2,1-4H3,(H,17,18). The number of aromatic nitrogens is 1. The third-order valence-corrected chi connectivity index (χ3v) is 2.88.